The van der Waals surface area contributed by atoms with Crippen LogP contribution in [0.25, 0.3) is 0 Å². The molecule has 1 fully saturated rings. The molecule has 0 unspecified atom stereocenters. The summed E-state index contributed by atoms with van der Waals surface area (Å²) in [5.74, 6) is 0.774. The molecule has 5 nitrogen and oxygen atoms in total. The van der Waals surface area contributed by atoms with E-state index in [2.05, 4.69) is 10.2 Å². The Bertz CT molecular complexity index is 540. The Hall–Kier alpha value is -1.62. The van der Waals surface area contributed by atoms with E-state index >= 15 is 0 Å². The summed E-state index contributed by atoms with van der Waals surface area (Å²) in [5.41, 5.74) is 2.06. The minimum absolute atomic E-state index is 0.00824. The van der Waals surface area contributed by atoms with E-state index in [1.54, 1.807) is 7.11 Å². The summed E-state index contributed by atoms with van der Waals surface area (Å²) < 4.78 is 5.44. The summed E-state index contributed by atoms with van der Waals surface area (Å²) in [7, 11) is 1.65. The number of methoxy groups -OCH3 is 1. The van der Waals surface area contributed by atoms with Gasteiger partial charge in [-0.05, 0) is 32.4 Å². The van der Waals surface area contributed by atoms with Gasteiger partial charge in [-0.15, -0.1) is 0 Å². The Balaban J connectivity index is 2.06. The molecule has 2 rings (SSSR count). The van der Waals surface area contributed by atoms with Crippen molar-refractivity contribution >= 4 is 23.3 Å². The van der Waals surface area contributed by atoms with Gasteiger partial charge in [-0.3, -0.25) is 0 Å². The van der Waals surface area contributed by atoms with Gasteiger partial charge in [0.2, 0.25) is 0 Å². The molecule has 122 valence electrons. The molecule has 0 bridgehead atoms. The maximum atomic E-state index is 12.0. The molecule has 1 aliphatic heterocycles. The third kappa shape index (κ3) is 3.77. The summed E-state index contributed by atoms with van der Waals surface area (Å²) >= 11 is 6.16. The fraction of sp³-hybridized carbons (Fsp3) is 0.562. The molecular weight excluding hydrogens is 302 g/mol. The average molecular weight is 326 g/mol. The number of benzene rings is 1. The number of carbonyl (C=O) groups excluding carboxylic acids is 1. The first kappa shape index (κ1) is 16.7. The van der Waals surface area contributed by atoms with Gasteiger partial charge in [0, 0.05) is 43.3 Å². The minimum atomic E-state index is 0.00824. The number of nitrogens with one attached hydrogen (secondary N) is 1. The van der Waals surface area contributed by atoms with Crippen LogP contribution in [-0.4, -0.2) is 50.3 Å². The number of hydrogen-bond acceptors (Lipinski definition) is 3. The van der Waals surface area contributed by atoms with Crippen LogP contribution in [0.15, 0.2) is 12.1 Å². The predicted octanol–water partition coefficient (Wildman–Crippen LogP) is 2.90. The van der Waals surface area contributed by atoms with Crippen molar-refractivity contribution in [2.24, 2.45) is 0 Å². The Morgan fingerprint density at radius 3 is 2.45 bits per heavy atom. The van der Waals surface area contributed by atoms with Crippen LogP contribution in [0.5, 0.6) is 5.75 Å². The van der Waals surface area contributed by atoms with Crippen molar-refractivity contribution in [3.8, 4) is 5.75 Å². The van der Waals surface area contributed by atoms with E-state index in [0.29, 0.717) is 18.1 Å². The second-order valence-electron chi connectivity index (χ2n) is 5.85. The number of ether oxygens (including phenoxy) is 1. The molecule has 0 aliphatic carbocycles. The zero-order valence-corrected chi connectivity index (χ0v) is 14.4. The highest BCUT2D eigenvalue weighted by Crippen LogP contribution is 2.34. The third-order valence-corrected chi connectivity index (χ3v) is 4.19. The fourth-order valence-corrected chi connectivity index (χ4v) is 2.70. The Labute approximate surface area is 137 Å². The topological polar surface area (TPSA) is 44.8 Å². The van der Waals surface area contributed by atoms with Gasteiger partial charge in [0.05, 0.1) is 12.8 Å². The van der Waals surface area contributed by atoms with Crippen LogP contribution in [0.2, 0.25) is 5.02 Å². The summed E-state index contributed by atoms with van der Waals surface area (Å²) in [6.07, 6.45) is 0. The van der Waals surface area contributed by atoms with Gasteiger partial charge in [0.15, 0.2) is 0 Å². The number of urea groups is 1. The number of aryl methyl sites for hydroxylation is 1. The molecule has 0 atom stereocenters. The van der Waals surface area contributed by atoms with Gasteiger partial charge in [-0.2, -0.15) is 0 Å². The van der Waals surface area contributed by atoms with Crippen LogP contribution in [0, 0.1) is 6.92 Å². The van der Waals surface area contributed by atoms with E-state index in [4.69, 9.17) is 16.3 Å². The summed E-state index contributed by atoms with van der Waals surface area (Å²) in [6, 6.07) is 4.06. The van der Waals surface area contributed by atoms with Crippen LogP contribution in [0.1, 0.15) is 19.4 Å². The van der Waals surface area contributed by atoms with Crippen molar-refractivity contribution in [1.82, 2.24) is 10.2 Å². The molecule has 1 aromatic carbocycles. The van der Waals surface area contributed by atoms with Crippen molar-refractivity contribution in [2.45, 2.75) is 26.8 Å². The smallest absolute Gasteiger partial charge is 0.317 e. The van der Waals surface area contributed by atoms with Gasteiger partial charge in [0.25, 0.3) is 0 Å². The number of hydrogen-bond donors (Lipinski definition) is 1. The number of piperazine rings is 1. The van der Waals surface area contributed by atoms with E-state index in [0.717, 1.165) is 30.1 Å². The lowest BCUT2D eigenvalue weighted by atomic mass is 10.1. The Kier molecular flexibility index (Phi) is 5.40. The second kappa shape index (κ2) is 7.09. The van der Waals surface area contributed by atoms with E-state index in [1.165, 1.54) is 0 Å². The first-order valence-corrected chi connectivity index (χ1v) is 7.94. The molecular formula is C16H24ClN3O2. The van der Waals surface area contributed by atoms with Gasteiger partial charge >= 0.3 is 6.03 Å². The van der Waals surface area contributed by atoms with Gasteiger partial charge < -0.3 is 19.9 Å². The number of nitrogens with zero attached hydrogens (tertiary/aromatic N) is 2. The summed E-state index contributed by atoms with van der Waals surface area (Å²) in [4.78, 5) is 16.1. The highest BCUT2D eigenvalue weighted by molar-refractivity contribution is 6.31. The van der Waals surface area contributed by atoms with Crippen LogP contribution >= 0.6 is 11.6 Å². The molecule has 1 aromatic rings. The molecule has 1 saturated heterocycles. The number of rotatable bonds is 3. The van der Waals surface area contributed by atoms with Crippen molar-refractivity contribution < 1.29 is 9.53 Å². The third-order valence-electron chi connectivity index (χ3n) is 3.78. The van der Waals surface area contributed by atoms with Crippen molar-refractivity contribution in [3.05, 3.63) is 22.7 Å². The highest BCUT2D eigenvalue weighted by Gasteiger charge is 2.23. The standard InChI is InChI=1S/C16H24ClN3O2/c1-11(2)18-16(21)20-7-5-19(6-8-20)14-9-12(3)13(17)10-15(14)22-4/h9-11H,5-8H2,1-4H3,(H,18,21). The molecule has 1 aliphatic rings. The second-order valence-corrected chi connectivity index (χ2v) is 6.26. The SMILES string of the molecule is COc1cc(Cl)c(C)cc1N1CCN(C(=O)NC(C)C)CC1. The van der Waals surface area contributed by atoms with Gasteiger partial charge in [0.1, 0.15) is 5.75 Å². The first-order chi connectivity index (χ1) is 10.4. The van der Waals surface area contributed by atoms with Gasteiger partial charge in [-0.25, -0.2) is 4.79 Å². The molecule has 22 heavy (non-hydrogen) atoms. The lowest BCUT2D eigenvalue weighted by Crippen LogP contribution is -2.53. The van der Waals surface area contributed by atoms with E-state index in [9.17, 15) is 4.79 Å². The van der Waals surface area contributed by atoms with E-state index < -0.39 is 0 Å². The summed E-state index contributed by atoms with van der Waals surface area (Å²) in [5, 5.41) is 3.64. The molecule has 1 N–H and O–H groups in total. The zero-order chi connectivity index (χ0) is 16.3. The fourth-order valence-electron chi connectivity index (χ4n) is 2.55. The van der Waals surface area contributed by atoms with Crippen molar-refractivity contribution in [3.63, 3.8) is 0 Å². The lowest BCUT2D eigenvalue weighted by Gasteiger charge is -2.37. The summed E-state index contributed by atoms with van der Waals surface area (Å²) in [6.45, 7) is 8.88. The molecule has 6 heteroatoms. The highest BCUT2D eigenvalue weighted by atomic mass is 35.5. The minimum Gasteiger partial charge on any atom is -0.495 e. The number of anilines is 1. The predicted molar refractivity (Wildman–Crippen MR) is 90.2 cm³/mol. The largest absolute Gasteiger partial charge is 0.495 e. The molecule has 0 radical (unpaired) electrons. The molecule has 0 aromatic heterocycles. The van der Waals surface area contributed by atoms with Crippen LogP contribution in [0.4, 0.5) is 10.5 Å². The maximum absolute atomic E-state index is 12.0. The van der Waals surface area contributed by atoms with Crippen molar-refractivity contribution in [2.75, 3.05) is 38.2 Å². The molecule has 1 heterocycles. The number of carbonyl (C=O) groups is 1. The lowest BCUT2D eigenvalue weighted by molar-refractivity contribution is 0.191. The van der Waals surface area contributed by atoms with E-state index in [-0.39, 0.29) is 12.1 Å². The molecule has 0 saturated carbocycles. The Morgan fingerprint density at radius 1 is 1.27 bits per heavy atom. The van der Waals surface area contributed by atoms with Gasteiger partial charge in [-0.1, -0.05) is 11.6 Å². The number of halogens is 1. The van der Waals surface area contributed by atoms with Crippen LogP contribution < -0.4 is 15.0 Å². The quantitative estimate of drug-likeness (QED) is 0.929. The maximum Gasteiger partial charge on any atom is 0.317 e. The average Bonchev–Trinajstić information content (AvgIpc) is 2.49. The first-order valence-electron chi connectivity index (χ1n) is 7.57. The normalized spacial score (nSPS) is 15.2. The Morgan fingerprint density at radius 2 is 1.91 bits per heavy atom. The molecule has 2 amide bonds. The van der Waals surface area contributed by atoms with Crippen molar-refractivity contribution in [1.29, 1.82) is 0 Å². The molecule has 0 spiro atoms. The van der Waals surface area contributed by atoms with E-state index in [1.807, 2.05) is 37.8 Å². The number of amides is 2. The monoisotopic (exact) mass is 325 g/mol. The van der Waals surface area contributed by atoms with Crippen LogP contribution in [0.3, 0.4) is 0 Å². The van der Waals surface area contributed by atoms with Crippen LogP contribution in [-0.2, 0) is 0 Å². The zero-order valence-electron chi connectivity index (χ0n) is 13.6.